The Labute approximate surface area is 140 Å². The Hall–Kier alpha value is -2.67. The van der Waals surface area contributed by atoms with Gasteiger partial charge in [0, 0.05) is 12.6 Å². The van der Waals surface area contributed by atoms with E-state index in [-0.39, 0.29) is 25.6 Å². The number of esters is 1. The Morgan fingerprint density at radius 3 is 2.83 bits per heavy atom. The quantitative estimate of drug-likeness (QED) is 0.733. The van der Waals surface area contributed by atoms with E-state index in [1.165, 1.54) is 7.11 Å². The standard InChI is InChI=1S/C17H20N2O5/c1-3-23-16(21)14(20)10-12-6-4-5-7-15(12)24-11-13-8-9-18-17(19-13)22-2/h4-9,14,20H,3,10-11H2,1-2H3/t14-/m1/s1. The van der Waals surface area contributed by atoms with Crippen molar-refractivity contribution in [2.45, 2.75) is 26.1 Å². The van der Waals surface area contributed by atoms with Gasteiger partial charge in [0.1, 0.15) is 12.4 Å². The summed E-state index contributed by atoms with van der Waals surface area (Å²) in [4.78, 5) is 19.7. The van der Waals surface area contributed by atoms with Crippen LogP contribution < -0.4 is 9.47 Å². The van der Waals surface area contributed by atoms with Crippen molar-refractivity contribution in [3.8, 4) is 11.8 Å². The molecule has 1 atom stereocenters. The number of rotatable bonds is 8. The Kier molecular flexibility index (Phi) is 6.51. The zero-order valence-corrected chi connectivity index (χ0v) is 13.6. The van der Waals surface area contributed by atoms with Crippen molar-refractivity contribution in [3.05, 3.63) is 47.8 Å². The number of benzene rings is 1. The van der Waals surface area contributed by atoms with E-state index in [0.717, 1.165) is 0 Å². The molecule has 0 radical (unpaired) electrons. The molecule has 24 heavy (non-hydrogen) atoms. The minimum Gasteiger partial charge on any atom is -0.487 e. The summed E-state index contributed by atoms with van der Waals surface area (Å²) in [7, 11) is 1.49. The molecule has 0 bridgehead atoms. The average molecular weight is 332 g/mol. The number of carbonyl (C=O) groups excluding carboxylic acids is 1. The highest BCUT2D eigenvalue weighted by Crippen LogP contribution is 2.21. The number of aliphatic hydroxyl groups is 1. The monoisotopic (exact) mass is 332 g/mol. The first-order chi connectivity index (χ1) is 11.6. The number of ether oxygens (including phenoxy) is 3. The van der Waals surface area contributed by atoms with Gasteiger partial charge in [-0.15, -0.1) is 0 Å². The van der Waals surface area contributed by atoms with Crippen LogP contribution in [-0.2, 0) is 22.6 Å². The number of methoxy groups -OCH3 is 1. The van der Waals surface area contributed by atoms with E-state index in [1.54, 1.807) is 31.3 Å². The minimum absolute atomic E-state index is 0.113. The molecule has 1 heterocycles. The predicted molar refractivity (Wildman–Crippen MR) is 85.7 cm³/mol. The summed E-state index contributed by atoms with van der Waals surface area (Å²) >= 11 is 0. The molecule has 0 amide bonds. The molecule has 0 saturated carbocycles. The lowest BCUT2D eigenvalue weighted by Gasteiger charge is -2.14. The van der Waals surface area contributed by atoms with E-state index < -0.39 is 12.1 Å². The first kappa shape index (κ1) is 17.7. The zero-order valence-electron chi connectivity index (χ0n) is 13.6. The Morgan fingerprint density at radius 1 is 1.29 bits per heavy atom. The van der Waals surface area contributed by atoms with Gasteiger partial charge in [0.2, 0.25) is 0 Å². The molecule has 2 rings (SSSR count). The van der Waals surface area contributed by atoms with Crippen LogP contribution in [-0.4, -0.2) is 40.9 Å². The highest BCUT2D eigenvalue weighted by Gasteiger charge is 2.18. The smallest absolute Gasteiger partial charge is 0.335 e. The van der Waals surface area contributed by atoms with Crippen LogP contribution in [0.2, 0.25) is 0 Å². The Morgan fingerprint density at radius 2 is 2.08 bits per heavy atom. The van der Waals surface area contributed by atoms with Crippen LogP contribution in [0.1, 0.15) is 18.2 Å². The second-order valence-corrected chi connectivity index (χ2v) is 4.90. The topological polar surface area (TPSA) is 90.8 Å². The fraction of sp³-hybridized carbons (Fsp3) is 0.353. The van der Waals surface area contributed by atoms with Gasteiger partial charge in [0.15, 0.2) is 6.10 Å². The van der Waals surface area contributed by atoms with Gasteiger partial charge in [0.05, 0.1) is 19.4 Å². The summed E-state index contributed by atoms with van der Waals surface area (Å²) in [5, 5.41) is 9.91. The summed E-state index contributed by atoms with van der Waals surface area (Å²) in [6.45, 7) is 2.13. The lowest BCUT2D eigenvalue weighted by Crippen LogP contribution is -2.25. The van der Waals surface area contributed by atoms with Gasteiger partial charge in [-0.3, -0.25) is 0 Å². The molecule has 128 valence electrons. The second kappa shape index (κ2) is 8.83. The van der Waals surface area contributed by atoms with Gasteiger partial charge < -0.3 is 19.3 Å². The van der Waals surface area contributed by atoms with Crippen molar-refractivity contribution in [1.29, 1.82) is 0 Å². The number of nitrogens with zero attached hydrogens (tertiary/aromatic N) is 2. The summed E-state index contributed by atoms with van der Waals surface area (Å²) in [5.74, 6) is -0.0775. The molecular weight excluding hydrogens is 312 g/mol. The lowest BCUT2D eigenvalue weighted by atomic mass is 10.1. The van der Waals surface area contributed by atoms with Crippen LogP contribution >= 0.6 is 0 Å². The maximum Gasteiger partial charge on any atom is 0.335 e. The van der Waals surface area contributed by atoms with Gasteiger partial charge in [0.25, 0.3) is 0 Å². The molecule has 1 aromatic heterocycles. The van der Waals surface area contributed by atoms with Crippen LogP contribution in [0.4, 0.5) is 0 Å². The molecule has 1 N–H and O–H groups in total. The summed E-state index contributed by atoms with van der Waals surface area (Å²) in [6.07, 6.45) is 0.470. The highest BCUT2D eigenvalue weighted by molar-refractivity contribution is 5.74. The van der Waals surface area contributed by atoms with Crippen LogP contribution in [0.25, 0.3) is 0 Å². The van der Waals surface area contributed by atoms with Crippen molar-refractivity contribution >= 4 is 5.97 Å². The van der Waals surface area contributed by atoms with E-state index in [4.69, 9.17) is 14.2 Å². The maximum atomic E-state index is 11.6. The molecule has 0 saturated heterocycles. The summed E-state index contributed by atoms with van der Waals surface area (Å²) in [5.41, 5.74) is 1.36. The first-order valence-electron chi connectivity index (χ1n) is 7.55. The Bertz CT molecular complexity index is 678. The summed E-state index contributed by atoms with van der Waals surface area (Å²) < 4.78 is 15.5. The molecule has 7 heteroatoms. The van der Waals surface area contributed by atoms with E-state index in [9.17, 15) is 9.90 Å². The van der Waals surface area contributed by atoms with E-state index in [1.807, 2.05) is 12.1 Å². The van der Waals surface area contributed by atoms with Crippen molar-refractivity contribution in [1.82, 2.24) is 9.97 Å². The van der Waals surface area contributed by atoms with Crippen LogP contribution in [0.15, 0.2) is 36.5 Å². The third-order valence-electron chi connectivity index (χ3n) is 3.19. The first-order valence-corrected chi connectivity index (χ1v) is 7.55. The van der Waals surface area contributed by atoms with Crippen LogP contribution in [0.3, 0.4) is 0 Å². The molecule has 0 unspecified atom stereocenters. The van der Waals surface area contributed by atoms with E-state index in [0.29, 0.717) is 17.0 Å². The molecule has 0 aliphatic heterocycles. The predicted octanol–water partition coefficient (Wildman–Crippen LogP) is 1.53. The fourth-order valence-corrected chi connectivity index (χ4v) is 2.05. The minimum atomic E-state index is -1.23. The van der Waals surface area contributed by atoms with Gasteiger partial charge in [-0.25, -0.2) is 9.78 Å². The fourth-order valence-electron chi connectivity index (χ4n) is 2.05. The molecule has 0 fully saturated rings. The largest absolute Gasteiger partial charge is 0.487 e. The molecule has 0 spiro atoms. The lowest BCUT2D eigenvalue weighted by molar-refractivity contribution is -0.152. The van der Waals surface area contributed by atoms with E-state index >= 15 is 0 Å². The SMILES string of the molecule is CCOC(=O)[C@H](O)Cc1ccccc1OCc1ccnc(OC)n1. The third kappa shape index (κ3) is 4.92. The van der Waals surface area contributed by atoms with Gasteiger partial charge >= 0.3 is 12.0 Å². The molecule has 1 aromatic carbocycles. The average Bonchev–Trinajstić information content (AvgIpc) is 2.61. The number of hydrogen-bond acceptors (Lipinski definition) is 7. The molecule has 0 aliphatic rings. The highest BCUT2D eigenvalue weighted by atomic mass is 16.5. The zero-order chi connectivity index (χ0) is 17.4. The number of aromatic nitrogens is 2. The Balaban J connectivity index is 2.04. The number of para-hydroxylation sites is 1. The van der Waals surface area contributed by atoms with Crippen molar-refractivity contribution in [2.24, 2.45) is 0 Å². The van der Waals surface area contributed by atoms with Crippen molar-refractivity contribution < 1.29 is 24.1 Å². The van der Waals surface area contributed by atoms with Crippen molar-refractivity contribution in [3.63, 3.8) is 0 Å². The molecular formula is C17H20N2O5. The molecule has 2 aromatic rings. The number of hydrogen-bond donors (Lipinski definition) is 1. The van der Waals surface area contributed by atoms with Crippen molar-refractivity contribution in [2.75, 3.05) is 13.7 Å². The van der Waals surface area contributed by atoms with Gasteiger partial charge in [-0.2, -0.15) is 4.98 Å². The van der Waals surface area contributed by atoms with Gasteiger partial charge in [-0.1, -0.05) is 18.2 Å². The second-order valence-electron chi connectivity index (χ2n) is 4.90. The maximum absolute atomic E-state index is 11.6. The number of aliphatic hydroxyl groups excluding tert-OH is 1. The van der Waals surface area contributed by atoms with Crippen LogP contribution in [0, 0.1) is 0 Å². The van der Waals surface area contributed by atoms with Crippen LogP contribution in [0.5, 0.6) is 11.8 Å². The normalized spacial score (nSPS) is 11.6. The van der Waals surface area contributed by atoms with E-state index in [2.05, 4.69) is 9.97 Å². The molecule has 7 nitrogen and oxygen atoms in total. The van der Waals surface area contributed by atoms with Gasteiger partial charge in [-0.05, 0) is 24.6 Å². The molecule has 0 aliphatic carbocycles. The summed E-state index contributed by atoms with van der Waals surface area (Å²) in [6, 6.07) is 9.18. The third-order valence-corrected chi connectivity index (χ3v) is 3.19. The number of carbonyl (C=O) groups is 1.